The number of benzene rings is 8. The van der Waals surface area contributed by atoms with Crippen molar-refractivity contribution in [2.75, 3.05) is 4.90 Å². The summed E-state index contributed by atoms with van der Waals surface area (Å²) in [5, 5.41) is 7.25. The Morgan fingerprint density at radius 2 is 1.04 bits per heavy atom. The number of thiophene rings is 1. The van der Waals surface area contributed by atoms with Crippen molar-refractivity contribution in [2.45, 2.75) is 0 Å². The van der Waals surface area contributed by atoms with Gasteiger partial charge in [-0.2, -0.15) is 0 Å². The topological polar surface area (TPSA) is 16.4 Å². The molecule has 0 saturated heterocycles. The molecule has 3 heteroatoms. The van der Waals surface area contributed by atoms with Crippen molar-refractivity contribution in [3.05, 3.63) is 176 Å². The lowest BCUT2D eigenvalue weighted by Crippen LogP contribution is -2.11. The van der Waals surface area contributed by atoms with E-state index in [4.69, 9.17) is 4.42 Å². The van der Waals surface area contributed by atoms with E-state index < -0.39 is 0 Å². The minimum atomic E-state index is 0.886. The second-order valence-corrected chi connectivity index (χ2v) is 13.6. The monoisotopic (exact) mass is 643 g/mol. The molecule has 0 bridgehead atoms. The third-order valence-corrected chi connectivity index (χ3v) is 10.8. The average Bonchev–Trinajstić information content (AvgIpc) is 3.73. The molecular weight excluding hydrogens is 615 g/mol. The van der Waals surface area contributed by atoms with Gasteiger partial charge >= 0.3 is 0 Å². The van der Waals surface area contributed by atoms with Crippen LogP contribution < -0.4 is 4.90 Å². The summed E-state index contributed by atoms with van der Waals surface area (Å²) in [5.74, 6) is 0. The molecule has 2 nitrogen and oxygen atoms in total. The van der Waals surface area contributed by atoms with Crippen LogP contribution in [-0.2, 0) is 0 Å². The Labute approximate surface area is 287 Å². The normalized spacial score (nSPS) is 11.7. The summed E-state index contributed by atoms with van der Waals surface area (Å²) in [6, 6.07) is 63.5. The Bertz CT molecular complexity index is 2730. The Hall–Kier alpha value is -6.16. The first kappa shape index (κ1) is 27.9. The Morgan fingerprint density at radius 3 is 1.94 bits per heavy atom. The van der Waals surface area contributed by atoms with Gasteiger partial charge in [0.15, 0.2) is 0 Å². The molecule has 0 aliphatic rings. The molecule has 10 aromatic rings. The van der Waals surface area contributed by atoms with E-state index in [1.807, 2.05) is 23.5 Å². The Kier molecular flexibility index (Phi) is 6.39. The Balaban J connectivity index is 1.26. The molecule has 10 rings (SSSR count). The number of para-hydroxylation sites is 1. The van der Waals surface area contributed by atoms with Crippen LogP contribution in [0, 0.1) is 0 Å². The van der Waals surface area contributed by atoms with Crippen molar-refractivity contribution >= 4 is 81.3 Å². The maximum atomic E-state index is 6.28. The van der Waals surface area contributed by atoms with Gasteiger partial charge in [-0.05, 0) is 88.1 Å². The van der Waals surface area contributed by atoms with Gasteiger partial charge in [0, 0.05) is 47.9 Å². The predicted molar refractivity (Wildman–Crippen MR) is 210 cm³/mol. The highest BCUT2D eigenvalue weighted by Gasteiger charge is 2.21. The van der Waals surface area contributed by atoms with Crippen molar-refractivity contribution < 1.29 is 4.42 Å². The van der Waals surface area contributed by atoms with Crippen LogP contribution in [0.25, 0.3) is 75.1 Å². The highest BCUT2D eigenvalue weighted by atomic mass is 32.1. The number of hydrogen-bond donors (Lipinski definition) is 0. The van der Waals surface area contributed by atoms with E-state index in [1.165, 1.54) is 47.6 Å². The molecule has 0 amide bonds. The van der Waals surface area contributed by atoms with Crippen LogP contribution in [-0.4, -0.2) is 0 Å². The van der Waals surface area contributed by atoms with Crippen molar-refractivity contribution in [3.8, 4) is 22.3 Å². The summed E-state index contributed by atoms with van der Waals surface area (Å²) in [5.41, 5.74) is 9.78. The van der Waals surface area contributed by atoms with Gasteiger partial charge in [0.25, 0.3) is 0 Å². The molecule has 0 atom stereocenters. The van der Waals surface area contributed by atoms with E-state index in [-0.39, 0.29) is 0 Å². The zero-order chi connectivity index (χ0) is 32.3. The van der Waals surface area contributed by atoms with E-state index >= 15 is 0 Å². The summed E-state index contributed by atoms with van der Waals surface area (Å²) >= 11 is 1.85. The molecule has 2 heterocycles. The van der Waals surface area contributed by atoms with E-state index in [0.29, 0.717) is 0 Å². The van der Waals surface area contributed by atoms with Crippen LogP contribution in [0.4, 0.5) is 17.1 Å². The first-order valence-electron chi connectivity index (χ1n) is 16.6. The summed E-state index contributed by atoms with van der Waals surface area (Å²) in [6.07, 6.45) is 0. The van der Waals surface area contributed by atoms with Crippen molar-refractivity contribution in [3.63, 3.8) is 0 Å². The first-order valence-corrected chi connectivity index (χ1v) is 17.4. The van der Waals surface area contributed by atoms with Crippen LogP contribution >= 0.6 is 11.3 Å². The van der Waals surface area contributed by atoms with Gasteiger partial charge in [0.05, 0.1) is 5.69 Å². The molecule has 0 unspecified atom stereocenters. The molecule has 0 saturated carbocycles. The number of anilines is 3. The van der Waals surface area contributed by atoms with E-state index in [9.17, 15) is 0 Å². The lowest BCUT2D eigenvalue weighted by molar-refractivity contribution is 0.669. The molecule has 0 aliphatic heterocycles. The van der Waals surface area contributed by atoms with Crippen molar-refractivity contribution in [1.29, 1.82) is 0 Å². The number of nitrogens with zero attached hydrogens (tertiary/aromatic N) is 1. The molecule has 0 N–H and O–H groups in total. The van der Waals surface area contributed by atoms with Gasteiger partial charge in [-0.3, -0.25) is 0 Å². The standard InChI is InChI=1S/C46H29NOS/c1-2-11-31(12-3-1)37-23-20-34(33-19-18-30-10-4-5-13-32(30)26-33)27-42(37)47(35-21-24-44-40(28-35)38-14-6-8-16-43(38)48-44)36-22-25-46-41(29-36)39-15-7-9-17-45(39)49-46/h1-29H. The molecular formula is C46H29NOS. The van der Waals surface area contributed by atoms with Gasteiger partial charge < -0.3 is 9.32 Å². The van der Waals surface area contributed by atoms with E-state index in [2.05, 4.69) is 169 Å². The van der Waals surface area contributed by atoms with E-state index in [1.54, 1.807) is 0 Å². The molecule has 0 fully saturated rings. The first-order chi connectivity index (χ1) is 24.3. The summed E-state index contributed by atoms with van der Waals surface area (Å²) in [7, 11) is 0. The number of furan rings is 1. The Morgan fingerprint density at radius 1 is 0.388 bits per heavy atom. The minimum Gasteiger partial charge on any atom is -0.456 e. The zero-order valence-electron chi connectivity index (χ0n) is 26.5. The lowest BCUT2D eigenvalue weighted by Gasteiger charge is -2.29. The molecule has 49 heavy (non-hydrogen) atoms. The number of fused-ring (bicyclic) bond motifs is 7. The summed E-state index contributed by atoms with van der Waals surface area (Å²) in [4.78, 5) is 2.43. The third kappa shape index (κ3) is 4.70. The second-order valence-electron chi connectivity index (χ2n) is 12.6. The van der Waals surface area contributed by atoms with Crippen molar-refractivity contribution in [1.82, 2.24) is 0 Å². The fraction of sp³-hybridized carbons (Fsp3) is 0. The molecule has 0 radical (unpaired) electrons. The predicted octanol–water partition coefficient (Wildman–Crippen LogP) is 13.9. The fourth-order valence-electron chi connectivity index (χ4n) is 7.26. The largest absolute Gasteiger partial charge is 0.456 e. The van der Waals surface area contributed by atoms with E-state index in [0.717, 1.165) is 44.6 Å². The molecule has 2 aromatic heterocycles. The van der Waals surface area contributed by atoms with Crippen LogP contribution in [0.5, 0.6) is 0 Å². The third-order valence-electron chi connectivity index (χ3n) is 9.64. The highest BCUT2D eigenvalue weighted by Crippen LogP contribution is 2.46. The van der Waals surface area contributed by atoms with Crippen LogP contribution in [0.15, 0.2) is 180 Å². The zero-order valence-corrected chi connectivity index (χ0v) is 27.3. The quantitative estimate of drug-likeness (QED) is 0.186. The molecule has 8 aromatic carbocycles. The van der Waals surface area contributed by atoms with Crippen LogP contribution in [0.1, 0.15) is 0 Å². The maximum Gasteiger partial charge on any atom is 0.135 e. The summed E-state index contributed by atoms with van der Waals surface area (Å²) < 4.78 is 8.87. The summed E-state index contributed by atoms with van der Waals surface area (Å²) in [6.45, 7) is 0. The second kappa shape index (κ2) is 11.2. The van der Waals surface area contributed by atoms with Gasteiger partial charge in [-0.1, -0.05) is 115 Å². The fourth-order valence-corrected chi connectivity index (χ4v) is 8.35. The van der Waals surface area contributed by atoms with Crippen LogP contribution in [0.3, 0.4) is 0 Å². The van der Waals surface area contributed by atoms with Gasteiger partial charge in [-0.15, -0.1) is 11.3 Å². The molecule has 0 spiro atoms. The van der Waals surface area contributed by atoms with Gasteiger partial charge in [0.1, 0.15) is 11.2 Å². The van der Waals surface area contributed by atoms with Crippen LogP contribution in [0.2, 0.25) is 0 Å². The van der Waals surface area contributed by atoms with Crippen molar-refractivity contribution in [2.24, 2.45) is 0 Å². The number of hydrogen-bond acceptors (Lipinski definition) is 3. The highest BCUT2D eigenvalue weighted by molar-refractivity contribution is 7.25. The van der Waals surface area contributed by atoms with Gasteiger partial charge in [0.2, 0.25) is 0 Å². The smallest absolute Gasteiger partial charge is 0.135 e. The van der Waals surface area contributed by atoms with Gasteiger partial charge in [-0.25, -0.2) is 0 Å². The lowest BCUT2D eigenvalue weighted by atomic mass is 9.95. The SMILES string of the molecule is c1ccc(-c2ccc(-c3ccc4ccccc4c3)cc2N(c2ccc3oc4ccccc4c3c2)c2ccc3sc4ccccc4c3c2)cc1. The molecule has 230 valence electrons. The maximum absolute atomic E-state index is 6.28. The molecule has 0 aliphatic carbocycles. The average molecular weight is 644 g/mol. The number of rotatable bonds is 5. The minimum absolute atomic E-state index is 0.886.